The van der Waals surface area contributed by atoms with E-state index in [4.69, 9.17) is 0 Å². The smallest absolute Gasteiger partial charge is 0.253 e. The minimum atomic E-state index is -0.259. The fraction of sp³-hybridized carbons (Fsp3) is 0.533. The van der Waals surface area contributed by atoms with Gasteiger partial charge < -0.3 is 20.0 Å². The number of nitrogens with zero attached hydrogens (tertiary/aromatic N) is 2. The van der Waals surface area contributed by atoms with Crippen LogP contribution in [0.1, 0.15) is 30.1 Å². The van der Waals surface area contributed by atoms with Crippen molar-refractivity contribution in [2.45, 2.75) is 25.8 Å². The first kappa shape index (κ1) is 14.7. The maximum Gasteiger partial charge on any atom is 0.253 e. The lowest BCUT2D eigenvalue weighted by Gasteiger charge is -2.36. The average Bonchev–Trinajstić information content (AvgIpc) is 2.48. The van der Waals surface area contributed by atoms with Gasteiger partial charge in [-0.2, -0.15) is 0 Å². The van der Waals surface area contributed by atoms with Crippen LogP contribution in [0, 0.1) is 0 Å². The summed E-state index contributed by atoms with van der Waals surface area (Å²) in [6, 6.07) is 4.43. The molecule has 0 atom stereocenters. The van der Waals surface area contributed by atoms with Crippen molar-refractivity contribution >= 4 is 5.91 Å². The third-order valence-electron chi connectivity index (χ3n) is 4.09. The van der Waals surface area contributed by atoms with Gasteiger partial charge in [0.25, 0.3) is 5.91 Å². The van der Waals surface area contributed by atoms with Crippen LogP contribution in [0.3, 0.4) is 0 Å². The van der Waals surface area contributed by atoms with Crippen LogP contribution in [-0.2, 0) is 0 Å². The second-order valence-electron chi connectivity index (χ2n) is 5.28. The van der Waals surface area contributed by atoms with E-state index in [1.165, 1.54) is 18.2 Å². The predicted molar refractivity (Wildman–Crippen MR) is 77.0 cm³/mol. The number of aromatic hydroxyl groups is 2. The standard InChI is InChI=1S/C15H22N2O3/c1-3-17-8-6-12(7-9-17)16(2)15(20)11-4-5-13(18)14(19)10-11/h4-5,10,12,18-19H,3,6-9H2,1-2H3. The zero-order valence-electron chi connectivity index (χ0n) is 12.0. The number of carbonyl (C=O) groups is 1. The summed E-state index contributed by atoms with van der Waals surface area (Å²) < 4.78 is 0. The fourth-order valence-electron chi connectivity index (χ4n) is 2.65. The lowest BCUT2D eigenvalue weighted by molar-refractivity contribution is 0.0646. The van der Waals surface area contributed by atoms with Gasteiger partial charge in [0.05, 0.1) is 0 Å². The number of rotatable bonds is 3. The quantitative estimate of drug-likeness (QED) is 0.825. The second kappa shape index (κ2) is 6.13. The van der Waals surface area contributed by atoms with E-state index < -0.39 is 0 Å². The highest BCUT2D eigenvalue weighted by molar-refractivity contribution is 5.94. The van der Waals surface area contributed by atoms with E-state index in [0.29, 0.717) is 5.56 Å². The van der Waals surface area contributed by atoms with Crippen LogP contribution in [0.25, 0.3) is 0 Å². The van der Waals surface area contributed by atoms with Gasteiger partial charge in [0, 0.05) is 31.7 Å². The van der Waals surface area contributed by atoms with E-state index >= 15 is 0 Å². The Bertz CT molecular complexity index is 482. The average molecular weight is 278 g/mol. The Labute approximate surface area is 119 Å². The molecule has 5 nitrogen and oxygen atoms in total. The second-order valence-corrected chi connectivity index (χ2v) is 5.28. The summed E-state index contributed by atoms with van der Waals surface area (Å²) >= 11 is 0. The summed E-state index contributed by atoms with van der Waals surface area (Å²) in [7, 11) is 1.80. The molecule has 5 heteroatoms. The van der Waals surface area contributed by atoms with Crippen molar-refractivity contribution < 1.29 is 15.0 Å². The van der Waals surface area contributed by atoms with Crippen LogP contribution in [0.4, 0.5) is 0 Å². The SMILES string of the molecule is CCN1CCC(N(C)C(=O)c2ccc(O)c(O)c2)CC1. The maximum atomic E-state index is 12.4. The van der Waals surface area contributed by atoms with Gasteiger partial charge in [0.2, 0.25) is 0 Å². The van der Waals surface area contributed by atoms with Gasteiger partial charge >= 0.3 is 0 Å². The molecule has 1 aromatic carbocycles. The Morgan fingerprint density at radius 3 is 2.50 bits per heavy atom. The monoisotopic (exact) mass is 278 g/mol. The number of hydrogen-bond donors (Lipinski definition) is 2. The molecule has 1 aromatic rings. The molecule has 0 aromatic heterocycles. The number of piperidine rings is 1. The summed E-state index contributed by atoms with van der Waals surface area (Å²) in [5.41, 5.74) is 0.403. The fourth-order valence-corrected chi connectivity index (χ4v) is 2.65. The van der Waals surface area contributed by atoms with Crippen molar-refractivity contribution in [3.63, 3.8) is 0 Å². The van der Waals surface area contributed by atoms with Crippen LogP contribution in [0.2, 0.25) is 0 Å². The van der Waals surface area contributed by atoms with Crippen molar-refractivity contribution in [1.82, 2.24) is 9.80 Å². The van der Waals surface area contributed by atoms with E-state index in [1.807, 2.05) is 0 Å². The Balaban J connectivity index is 2.03. The minimum absolute atomic E-state index is 0.116. The van der Waals surface area contributed by atoms with Crippen molar-refractivity contribution in [3.8, 4) is 11.5 Å². The molecule has 1 heterocycles. The number of phenols is 2. The molecule has 0 aliphatic carbocycles. The molecule has 20 heavy (non-hydrogen) atoms. The van der Waals surface area contributed by atoms with Crippen LogP contribution >= 0.6 is 0 Å². The van der Waals surface area contributed by atoms with Crippen LogP contribution in [0.15, 0.2) is 18.2 Å². The van der Waals surface area contributed by atoms with Gasteiger partial charge in [0.1, 0.15) is 0 Å². The largest absolute Gasteiger partial charge is 0.504 e. The molecule has 1 fully saturated rings. The zero-order chi connectivity index (χ0) is 14.7. The number of benzene rings is 1. The van der Waals surface area contributed by atoms with E-state index in [2.05, 4.69) is 11.8 Å². The lowest BCUT2D eigenvalue weighted by Crippen LogP contribution is -2.45. The van der Waals surface area contributed by atoms with Crippen molar-refractivity contribution in [2.24, 2.45) is 0 Å². The van der Waals surface area contributed by atoms with Crippen molar-refractivity contribution in [2.75, 3.05) is 26.7 Å². The van der Waals surface area contributed by atoms with Gasteiger partial charge in [-0.3, -0.25) is 4.79 Å². The predicted octanol–water partition coefficient (Wildman–Crippen LogP) is 1.65. The zero-order valence-corrected chi connectivity index (χ0v) is 12.0. The molecule has 110 valence electrons. The number of phenolic OH excluding ortho intramolecular Hbond substituents is 2. The topological polar surface area (TPSA) is 64.0 Å². The summed E-state index contributed by atoms with van der Waals surface area (Å²) in [6.45, 7) is 5.23. The summed E-state index contributed by atoms with van der Waals surface area (Å²) in [4.78, 5) is 16.5. The molecule has 1 aliphatic heterocycles. The van der Waals surface area contributed by atoms with Crippen LogP contribution in [-0.4, -0.2) is 58.6 Å². The number of carbonyl (C=O) groups excluding carboxylic acids is 1. The Morgan fingerprint density at radius 1 is 1.30 bits per heavy atom. The van der Waals surface area contributed by atoms with E-state index in [-0.39, 0.29) is 23.4 Å². The van der Waals surface area contributed by atoms with Gasteiger partial charge in [-0.15, -0.1) is 0 Å². The lowest BCUT2D eigenvalue weighted by atomic mass is 10.0. The Hall–Kier alpha value is -1.75. The third kappa shape index (κ3) is 3.04. The molecule has 0 bridgehead atoms. The highest BCUT2D eigenvalue weighted by atomic mass is 16.3. The molecule has 0 spiro atoms. The first-order valence-corrected chi connectivity index (χ1v) is 7.04. The third-order valence-corrected chi connectivity index (χ3v) is 4.09. The molecule has 1 aliphatic rings. The van der Waals surface area contributed by atoms with Crippen LogP contribution in [0.5, 0.6) is 11.5 Å². The highest BCUT2D eigenvalue weighted by Crippen LogP contribution is 2.26. The minimum Gasteiger partial charge on any atom is -0.504 e. The van der Waals surface area contributed by atoms with Gasteiger partial charge in [-0.1, -0.05) is 6.92 Å². The Morgan fingerprint density at radius 2 is 1.95 bits per heavy atom. The summed E-state index contributed by atoms with van der Waals surface area (Å²) in [5.74, 6) is -0.583. The summed E-state index contributed by atoms with van der Waals surface area (Å²) in [6.07, 6.45) is 1.94. The normalized spacial score (nSPS) is 17.1. The molecule has 0 unspecified atom stereocenters. The molecule has 2 rings (SSSR count). The molecule has 0 saturated carbocycles. The van der Waals surface area contributed by atoms with E-state index in [1.54, 1.807) is 11.9 Å². The van der Waals surface area contributed by atoms with Gasteiger partial charge in [0.15, 0.2) is 11.5 Å². The first-order chi connectivity index (χ1) is 9.52. The molecule has 0 radical (unpaired) electrons. The maximum absolute atomic E-state index is 12.4. The molecule has 1 saturated heterocycles. The Kier molecular flexibility index (Phi) is 4.49. The molecular weight excluding hydrogens is 256 g/mol. The molecule has 2 N–H and O–H groups in total. The molecule has 1 amide bonds. The number of hydrogen-bond acceptors (Lipinski definition) is 4. The summed E-state index contributed by atoms with van der Waals surface area (Å²) in [5, 5.41) is 18.8. The van der Waals surface area contributed by atoms with Crippen molar-refractivity contribution in [1.29, 1.82) is 0 Å². The number of likely N-dealkylation sites (tertiary alicyclic amines) is 1. The van der Waals surface area contributed by atoms with Gasteiger partial charge in [-0.05, 0) is 37.6 Å². The van der Waals surface area contributed by atoms with E-state index in [0.717, 1.165) is 32.5 Å². The molecular formula is C15H22N2O3. The number of amides is 1. The van der Waals surface area contributed by atoms with Crippen molar-refractivity contribution in [3.05, 3.63) is 23.8 Å². The first-order valence-electron chi connectivity index (χ1n) is 7.04. The van der Waals surface area contributed by atoms with E-state index in [9.17, 15) is 15.0 Å². The van der Waals surface area contributed by atoms with Gasteiger partial charge in [-0.25, -0.2) is 0 Å². The van der Waals surface area contributed by atoms with Crippen LogP contribution < -0.4 is 0 Å². The highest BCUT2D eigenvalue weighted by Gasteiger charge is 2.25.